The highest BCUT2D eigenvalue weighted by molar-refractivity contribution is 5.79. The summed E-state index contributed by atoms with van der Waals surface area (Å²) in [5.74, 6) is 0.430. The molecule has 2 fully saturated rings. The van der Waals surface area contributed by atoms with Gasteiger partial charge in [-0.25, -0.2) is 0 Å². The van der Waals surface area contributed by atoms with E-state index in [1.54, 1.807) is 0 Å². The summed E-state index contributed by atoms with van der Waals surface area (Å²) in [7, 11) is 0. The molecule has 0 aromatic heterocycles. The van der Waals surface area contributed by atoms with Crippen LogP contribution in [0.15, 0.2) is 0 Å². The van der Waals surface area contributed by atoms with E-state index in [-0.39, 0.29) is 12.0 Å². The minimum atomic E-state index is 0.0972. The van der Waals surface area contributed by atoms with E-state index in [0.717, 1.165) is 38.8 Å². The van der Waals surface area contributed by atoms with Gasteiger partial charge in [-0.3, -0.25) is 4.79 Å². The molecule has 1 saturated heterocycles. The van der Waals surface area contributed by atoms with Gasteiger partial charge in [0.25, 0.3) is 0 Å². The largest absolute Gasteiger partial charge is 0.342 e. The van der Waals surface area contributed by atoms with Crippen molar-refractivity contribution in [3.63, 3.8) is 0 Å². The number of nitrogens with zero attached hydrogens (tertiary/aromatic N) is 1. The Morgan fingerprint density at radius 2 is 1.83 bits per heavy atom. The Hall–Kier alpha value is -0.570. The van der Waals surface area contributed by atoms with Crippen LogP contribution in [0, 0.1) is 11.3 Å². The molecule has 1 aliphatic heterocycles. The van der Waals surface area contributed by atoms with E-state index >= 15 is 0 Å². The van der Waals surface area contributed by atoms with Gasteiger partial charge >= 0.3 is 0 Å². The first-order valence-corrected chi connectivity index (χ1v) is 7.54. The molecule has 2 atom stereocenters. The lowest BCUT2D eigenvalue weighted by molar-refractivity contribution is -0.137. The quantitative estimate of drug-likeness (QED) is 0.779. The van der Waals surface area contributed by atoms with Gasteiger partial charge in [-0.15, -0.1) is 0 Å². The Morgan fingerprint density at radius 1 is 1.11 bits per heavy atom. The summed E-state index contributed by atoms with van der Waals surface area (Å²) in [5, 5.41) is 0. The molecule has 104 valence electrons. The van der Waals surface area contributed by atoms with Crippen LogP contribution in [0.1, 0.15) is 58.8 Å². The van der Waals surface area contributed by atoms with Crippen molar-refractivity contribution in [3.05, 3.63) is 0 Å². The molecular weight excluding hydrogens is 224 g/mol. The Bertz CT molecular complexity index is 301. The highest BCUT2D eigenvalue weighted by atomic mass is 16.2. The van der Waals surface area contributed by atoms with E-state index < -0.39 is 0 Å². The topological polar surface area (TPSA) is 46.3 Å². The molecular formula is C15H28N2O. The maximum Gasteiger partial charge on any atom is 0.227 e. The maximum atomic E-state index is 12.6. The Labute approximate surface area is 111 Å². The average molecular weight is 252 g/mol. The minimum absolute atomic E-state index is 0.0972. The van der Waals surface area contributed by atoms with Crippen LogP contribution in [-0.2, 0) is 4.79 Å². The molecule has 18 heavy (non-hydrogen) atoms. The third-order valence-corrected chi connectivity index (χ3v) is 4.79. The minimum Gasteiger partial charge on any atom is -0.342 e. The van der Waals surface area contributed by atoms with Gasteiger partial charge < -0.3 is 10.6 Å². The van der Waals surface area contributed by atoms with Crippen LogP contribution >= 0.6 is 0 Å². The van der Waals surface area contributed by atoms with Crippen molar-refractivity contribution in [1.29, 1.82) is 0 Å². The van der Waals surface area contributed by atoms with Gasteiger partial charge in [-0.2, -0.15) is 0 Å². The van der Waals surface area contributed by atoms with E-state index in [1.807, 2.05) is 0 Å². The smallest absolute Gasteiger partial charge is 0.227 e. The van der Waals surface area contributed by atoms with Crippen LogP contribution in [0.25, 0.3) is 0 Å². The number of hydrogen-bond donors (Lipinski definition) is 1. The molecule has 0 aromatic rings. The second-order valence-electron chi connectivity index (χ2n) is 6.90. The fraction of sp³-hybridized carbons (Fsp3) is 0.933. The van der Waals surface area contributed by atoms with E-state index in [1.165, 1.54) is 19.3 Å². The monoisotopic (exact) mass is 252 g/mol. The third kappa shape index (κ3) is 3.25. The molecule has 3 nitrogen and oxygen atoms in total. The second kappa shape index (κ2) is 5.60. The zero-order valence-corrected chi connectivity index (χ0v) is 12.0. The zero-order valence-electron chi connectivity index (χ0n) is 12.0. The lowest BCUT2D eigenvalue weighted by Gasteiger charge is -2.32. The van der Waals surface area contributed by atoms with Crippen molar-refractivity contribution in [2.45, 2.75) is 64.8 Å². The Balaban J connectivity index is 1.96. The maximum absolute atomic E-state index is 12.6. The zero-order chi connectivity index (χ0) is 13.2. The average Bonchev–Trinajstić information content (AvgIpc) is 2.50. The van der Waals surface area contributed by atoms with Crippen molar-refractivity contribution >= 4 is 5.91 Å². The van der Waals surface area contributed by atoms with Gasteiger partial charge in [0, 0.05) is 19.1 Å². The SMILES string of the molecule is CC1(C)CCCN(C(=O)C2CCCCC2N)CC1. The lowest BCUT2D eigenvalue weighted by Crippen LogP contribution is -2.46. The lowest BCUT2D eigenvalue weighted by atomic mass is 9.84. The van der Waals surface area contributed by atoms with E-state index in [0.29, 0.717) is 11.3 Å². The summed E-state index contributed by atoms with van der Waals surface area (Å²) in [6.45, 7) is 6.49. The predicted octanol–water partition coefficient (Wildman–Crippen LogP) is 2.54. The summed E-state index contributed by atoms with van der Waals surface area (Å²) in [4.78, 5) is 14.7. The molecule has 1 heterocycles. The first-order chi connectivity index (χ1) is 8.49. The van der Waals surface area contributed by atoms with Crippen LogP contribution in [0.4, 0.5) is 0 Å². The van der Waals surface area contributed by atoms with Gasteiger partial charge in [-0.05, 0) is 37.5 Å². The summed E-state index contributed by atoms with van der Waals surface area (Å²) >= 11 is 0. The number of rotatable bonds is 1. The molecule has 0 bridgehead atoms. The fourth-order valence-electron chi connectivity index (χ4n) is 3.34. The van der Waals surface area contributed by atoms with Crippen molar-refractivity contribution in [1.82, 2.24) is 4.90 Å². The third-order valence-electron chi connectivity index (χ3n) is 4.79. The molecule has 3 heteroatoms. The van der Waals surface area contributed by atoms with Crippen molar-refractivity contribution in [2.75, 3.05) is 13.1 Å². The van der Waals surface area contributed by atoms with Crippen LogP contribution in [-0.4, -0.2) is 29.9 Å². The predicted molar refractivity (Wildman–Crippen MR) is 74.1 cm³/mol. The van der Waals surface area contributed by atoms with E-state index in [9.17, 15) is 4.79 Å². The second-order valence-corrected chi connectivity index (χ2v) is 6.90. The highest BCUT2D eigenvalue weighted by Crippen LogP contribution is 2.31. The Morgan fingerprint density at radius 3 is 2.56 bits per heavy atom. The molecule has 0 aromatic carbocycles. The van der Waals surface area contributed by atoms with Crippen molar-refractivity contribution < 1.29 is 4.79 Å². The number of carbonyl (C=O) groups is 1. The molecule has 2 rings (SSSR count). The number of carbonyl (C=O) groups excluding carboxylic acids is 1. The summed E-state index contributed by atoms with van der Waals surface area (Å²) in [6.07, 6.45) is 7.88. The molecule has 1 amide bonds. The van der Waals surface area contributed by atoms with Crippen LogP contribution in [0.5, 0.6) is 0 Å². The molecule has 0 radical (unpaired) electrons. The number of hydrogen-bond acceptors (Lipinski definition) is 2. The van der Waals surface area contributed by atoms with Crippen LogP contribution in [0.3, 0.4) is 0 Å². The number of nitrogens with two attached hydrogens (primary N) is 1. The van der Waals surface area contributed by atoms with Gasteiger partial charge in [0.2, 0.25) is 5.91 Å². The molecule has 0 spiro atoms. The van der Waals surface area contributed by atoms with Crippen molar-refractivity contribution in [2.24, 2.45) is 17.1 Å². The molecule has 1 aliphatic carbocycles. The Kier molecular flexibility index (Phi) is 4.31. The van der Waals surface area contributed by atoms with E-state index in [2.05, 4.69) is 18.7 Å². The molecule has 2 aliphatic rings. The summed E-state index contributed by atoms with van der Waals surface area (Å²) in [5.41, 5.74) is 6.52. The summed E-state index contributed by atoms with van der Waals surface area (Å²) < 4.78 is 0. The molecule has 2 N–H and O–H groups in total. The van der Waals surface area contributed by atoms with Crippen LogP contribution < -0.4 is 5.73 Å². The fourth-order valence-corrected chi connectivity index (χ4v) is 3.34. The molecule has 1 saturated carbocycles. The summed E-state index contributed by atoms with van der Waals surface area (Å²) in [6, 6.07) is 0.0995. The standard InChI is InChI=1S/C15H28N2O/c1-15(2)8-5-10-17(11-9-15)14(18)12-6-3-4-7-13(12)16/h12-13H,3-11,16H2,1-2H3. The first kappa shape index (κ1) is 13.9. The normalized spacial score (nSPS) is 32.9. The van der Waals surface area contributed by atoms with Crippen LogP contribution in [0.2, 0.25) is 0 Å². The molecule has 2 unspecified atom stereocenters. The number of amides is 1. The highest BCUT2D eigenvalue weighted by Gasteiger charge is 2.33. The van der Waals surface area contributed by atoms with Gasteiger partial charge in [0.05, 0.1) is 5.92 Å². The van der Waals surface area contributed by atoms with Crippen molar-refractivity contribution in [3.8, 4) is 0 Å². The van der Waals surface area contributed by atoms with Gasteiger partial charge in [0.15, 0.2) is 0 Å². The van der Waals surface area contributed by atoms with E-state index in [4.69, 9.17) is 5.73 Å². The van der Waals surface area contributed by atoms with Gasteiger partial charge in [-0.1, -0.05) is 26.7 Å². The van der Waals surface area contributed by atoms with Gasteiger partial charge in [0.1, 0.15) is 0 Å². The first-order valence-electron chi connectivity index (χ1n) is 7.54. The number of likely N-dealkylation sites (tertiary alicyclic amines) is 1.